The van der Waals surface area contributed by atoms with Gasteiger partial charge in [0.15, 0.2) is 17.3 Å². The molecule has 0 radical (unpaired) electrons. The molecule has 0 unspecified atom stereocenters. The van der Waals surface area contributed by atoms with Crippen molar-refractivity contribution in [1.29, 1.82) is 0 Å². The van der Waals surface area contributed by atoms with Gasteiger partial charge in [-0.25, -0.2) is 4.39 Å². The highest BCUT2D eigenvalue weighted by molar-refractivity contribution is 14.1. The average molecular weight is 308 g/mol. The van der Waals surface area contributed by atoms with Crippen LogP contribution in [0.15, 0.2) is 12.1 Å². The largest absolute Gasteiger partial charge is 0.490 e. The first-order valence-corrected chi connectivity index (χ1v) is 5.27. The van der Waals surface area contributed by atoms with Crippen molar-refractivity contribution in [2.24, 2.45) is 0 Å². The molecule has 0 aliphatic carbocycles. The number of hydrogen-bond acceptors (Lipinski definition) is 2. The standard InChI is InChI=1S/C10H10FIO2/c1-3-14-10-8(6(2)13)4-7(12)5-9(10)11/h4-5H,3H2,1-2H3. The van der Waals surface area contributed by atoms with Crippen LogP contribution in [0, 0.1) is 9.39 Å². The van der Waals surface area contributed by atoms with Gasteiger partial charge >= 0.3 is 0 Å². The van der Waals surface area contributed by atoms with Crippen molar-refractivity contribution >= 4 is 28.4 Å². The maximum absolute atomic E-state index is 13.4. The van der Waals surface area contributed by atoms with Gasteiger partial charge in [0, 0.05) is 3.57 Å². The second-order valence-corrected chi connectivity index (χ2v) is 4.00. The Morgan fingerprint density at radius 3 is 2.71 bits per heavy atom. The Morgan fingerprint density at radius 1 is 1.57 bits per heavy atom. The third-order valence-electron chi connectivity index (χ3n) is 1.68. The van der Waals surface area contributed by atoms with Crippen molar-refractivity contribution in [1.82, 2.24) is 0 Å². The van der Waals surface area contributed by atoms with Crippen molar-refractivity contribution in [2.75, 3.05) is 6.61 Å². The molecule has 4 heteroatoms. The molecule has 0 spiro atoms. The molecule has 1 aromatic rings. The second-order valence-electron chi connectivity index (χ2n) is 2.75. The maximum atomic E-state index is 13.4. The van der Waals surface area contributed by atoms with E-state index in [2.05, 4.69) is 0 Å². The summed E-state index contributed by atoms with van der Waals surface area (Å²) in [5.74, 6) is -0.616. The minimum absolute atomic E-state index is 0.0559. The molecule has 0 fully saturated rings. The fraction of sp³-hybridized carbons (Fsp3) is 0.300. The van der Waals surface area contributed by atoms with Crippen LogP contribution in [-0.2, 0) is 0 Å². The molecule has 0 atom stereocenters. The first-order valence-electron chi connectivity index (χ1n) is 4.19. The lowest BCUT2D eigenvalue weighted by Crippen LogP contribution is -2.03. The van der Waals surface area contributed by atoms with Crippen LogP contribution in [-0.4, -0.2) is 12.4 Å². The molecule has 0 aromatic heterocycles. The maximum Gasteiger partial charge on any atom is 0.166 e. The van der Waals surface area contributed by atoms with E-state index in [0.717, 1.165) is 0 Å². The summed E-state index contributed by atoms with van der Waals surface area (Å²) in [5.41, 5.74) is 0.302. The summed E-state index contributed by atoms with van der Waals surface area (Å²) in [4.78, 5) is 11.2. The van der Waals surface area contributed by atoms with Gasteiger partial charge in [0.2, 0.25) is 0 Å². The molecule has 0 N–H and O–H groups in total. The molecule has 0 bridgehead atoms. The minimum Gasteiger partial charge on any atom is -0.490 e. The van der Waals surface area contributed by atoms with Gasteiger partial charge in [-0.1, -0.05) is 0 Å². The van der Waals surface area contributed by atoms with E-state index < -0.39 is 5.82 Å². The summed E-state index contributed by atoms with van der Waals surface area (Å²) < 4.78 is 19.1. The Labute approximate surface area is 95.6 Å². The highest BCUT2D eigenvalue weighted by Crippen LogP contribution is 2.25. The van der Waals surface area contributed by atoms with Crippen LogP contribution >= 0.6 is 22.6 Å². The van der Waals surface area contributed by atoms with Crippen molar-refractivity contribution < 1.29 is 13.9 Å². The topological polar surface area (TPSA) is 26.3 Å². The normalized spacial score (nSPS) is 10.0. The summed E-state index contributed by atoms with van der Waals surface area (Å²) >= 11 is 1.96. The lowest BCUT2D eigenvalue weighted by molar-refractivity contribution is 0.101. The molecule has 76 valence electrons. The first-order chi connectivity index (χ1) is 6.56. The highest BCUT2D eigenvalue weighted by atomic mass is 127. The Kier molecular flexibility index (Phi) is 3.86. The second kappa shape index (κ2) is 4.72. The van der Waals surface area contributed by atoms with Gasteiger partial charge < -0.3 is 4.74 Å². The average Bonchev–Trinajstić information content (AvgIpc) is 2.09. The first kappa shape index (κ1) is 11.4. The number of carbonyl (C=O) groups is 1. The highest BCUT2D eigenvalue weighted by Gasteiger charge is 2.14. The molecule has 0 amide bonds. The summed E-state index contributed by atoms with van der Waals surface area (Å²) in [6.45, 7) is 3.49. The van der Waals surface area contributed by atoms with Gasteiger partial charge in [-0.3, -0.25) is 4.79 Å². The van der Waals surface area contributed by atoms with Crippen LogP contribution in [0.3, 0.4) is 0 Å². The van der Waals surface area contributed by atoms with E-state index in [1.807, 2.05) is 22.6 Å². The molecule has 1 aromatic carbocycles. The quantitative estimate of drug-likeness (QED) is 0.634. The number of ether oxygens (including phenoxy) is 1. The third kappa shape index (κ3) is 2.43. The zero-order valence-corrected chi connectivity index (χ0v) is 10.1. The van der Waals surface area contributed by atoms with Crippen LogP contribution in [0.2, 0.25) is 0 Å². The van der Waals surface area contributed by atoms with Crippen molar-refractivity contribution in [2.45, 2.75) is 13.8 Å². The van der Waals surface area contributed by atoms with E-state index in [0.29, 0.717) is 15.7 Å². The van der Waals surface area contributed by atoms with Gasteiger partial charge in [0.05, 0.1) is 12.2 Å². The summed E-state index contributed by atoms with van der Waals surface area (Å²) in [6, 6.07) is 2.97. The Balaban J connectivity index is 3.28. The summed E-state index contributed by atoms with van der Waals surface area (Å²) in [5, 5.41) is 0. The number of carbonyl (C=O) groups excluding carboxylic acids is 1. The van der Waals surface area contributed by atoms with E-state index in [9.17, 15) is 9.18 Å². The van der Waals surface area contributed by atoms with E-state index in [-0.39, 0.29) is 11.5 Å². The number of rotatable bonds is 3. The molecular weight excluding hydrogens is 298 g/mol. The number of Topliss-reactive ketones (excluding diaryl/α,β-unsaturated/α-hetero) is 1. The molecule has 14 heavy (non-hydrogen) atoms. The number of hydrogen-bond donors (Lipinski definition) is 0. The predicted octanol–water partition coefficient (Wildman–Crippen LogP) is 3.03. The fourth-order valence-corrected chi connectivity index (χ4v) is 1.70. The van der Waals surface area contributed by atoms with Gasteiger partial charge in [-0.15, -0.1) is 0 Å². The van der Waals surface area contributed by atoms with Crippen LogP contribution in [0.1, 0.15) is 24.2 Å². The summed E-state index contributed by atoms with van der Waals surface area (Å²) in [6.07, 6.45) is 0. The SMILES string of the molecule is CCOc1c(F)cc(I)cc1C(C)=O. The van der Waals surface area contributed by atoms with Gasteiger partial charge in [0.1, 0.15) is 0 Å². The van der Waals surface area contributed by atoms with Crippen molar-refractivity contribution in [3.63, 3.8) is 0 Å². The minimum atomic E-state index is -0.482. The van der Waals surface area contributed by atoms with Crippen molar-refractivity contribution in [3.8, 4) is 5.75 Å². The van der Waals surface area contributed by atoms with Crippen molar-refractivity contribution in [3.05, 3.63) is 27.1 Å². The molecule has 2 nitrogen and oxygen atoms in total. The van der Waals surface area contributed by atoms with E-state index in [1.54, 1.807) is 13.0 Å². The monoisotopic (exact) mass is 308 g/mol. The Bertz CT molecular complexity index is 363. The fourth-order valence-electron chi connectivity index (χ4n) is 1.11. The Hall–Kier alpha value is -0.650. The molecule has 0 heterocycles. The van der Waals surface area contributed by atoms with E-state index in [1.165, 1.54) is 13.0 Å². The molecule has 0 aliphatic rings. The van der Waals surface area contributed by atoms with E-state index >= 15 is 0 Å². The van der Waals surface area contributed by atoms with Crippen LogP contribution in [0.4, 0.5) is 4.39 Å². The van der Waals surface area contributed by atoms with Crippen LogP contribution < -0.4 is 4.74 Å². The predicted molar refractivity (Wildman–Crippen MR) is 60.3 cm³/mol. The summed E-state index contributed by atoms with van der Waals surface area (Å²) in [7, 11) is 0. The van der Waals surface area contributed by atoms with Gasteiger partial charge in [-0.05, 0) is 48.6 Å². The lowest BCUT2D eigenvalue weighted by atomic mass is 10.1. The van der Waals surface area contributed by atoms with Crippen LogP contribution in [0.25, 0.3) is 0 Å². The lowest BCUT2D eigenvalue weighted by Gasteiger charge is -2.09. The number of benzene rings is 1. The third-order valence-corrected chi connectivity index (χ3v) is 2.30. The van der Waals surface area contributed by atoms with Gasteiger partial charge in [-0.2, -0.15) is 0 Å². The zero-order valence-electron chi connectivity index (χ0n) is 7.93. The number of ketones is 1. The van der Waals surface area contributed by atoms with Gasteiger partial charge in [0.25, 0.3) is 0 Å². The molecule has 0 aliphatic heterocycles. The number of halogens is 2. The Morgan fingerprint density at radius 2 is 2.21 bits per heavy atom. The van der Waals surface area contributed by atoms with E-state index in [4.69, 9.17) is 4.74 Å². The van der Waals surface area contributed by atoms with Crippen LogP contribution in [0.5, 0.6) is 5.75 Å². The molecule has 0 saturated carbocycles. The smallest absolute Gasteiger partial charge is 0.166 e. The molecular formula is C10H10FIO2. The zero-order chi connectivity index (χ0) is 10.7. The molecule has 0 saturated heterocycles. The molecule has 1 rings (SSSR count).